The van der Waals surface area contributed by atoms with Crippen molar-refractivity contribution in [3.05, 3.63) is 34.6 Å². The van der Waals surface area contributed by atoms with Crippen molar-refractivity contribution >= 4 is 17.7 Å². The average molecular weight is 414 g/mol. The van der Waals surface area contributed by atoms with Crippen LogP contribution in [-0.2, 0) is 9.47 Å². The van der Waals surface area contributed by atoms with E-state index in [1.807, 2.05) is 26.8 Å². The zero-order chi connectivity index (χ0) is 20.7. The third-order valence-corrected chi connectivity index (χ3v) is 5.47. The molecule has 0 aliphatic carbocycles. The van der Waals surface area contributed by atoms with Crippen molar-refractivity contribution in [2.24, 2.45) is 5.92 Å². The Morgan fingerprint density at radius 1 is 1.36 bits per heavy atom. The largest absolute Gasteiger partial charge is 0.444 e. The van der Waals surface area contributed by atoms with E-state index in [0.29, 0.717) is 25.3 Å². The highest BCUT2D eigenvalue weighted by Gasteiger charge is 2.33. The van der Waals surface area contributed by atoms with Crippen LogP contribution < -0.4 is 0 Å². The Labute approximate surface area is 173 Å². The van der Waals surface area contributed by atoms with E-state index in [1.54, 1.807) is 24.1 Å². The number of hydrogen-bond donors (Lipinski definition) is 0. The zero-order valence-electron chi connectivity index (χ0n) is 17.5. The van der Waals surface area contributed by atoms with Gasteiger partial charge in [0.05, 0.1) is 5.02 Å². The van der Waals surface area contributed by atoms with E-state index < -0.39 is 5.60 Å². The Bertz CT molecular complexity index is 647. The summed E-state index contributed by atoms with van der Waals surface area (Å²) in [5.74, 6) is -0.145. The molecule has 1 saturated heterocycles. The molecular formula is C22H33ClFNO3. The molecule has 28 heavy (non-hydrogen) atoms. The summed E-state index contributed by atoms with van der Waals surface area (Å²) in [6.45, 7) is 7.56. The quantitative estimate of drug-likeness (QED) is 0.512. The molecule has 2 atom stereocenters. The molecule has 0 saturated carbocycles. The minimum absolute atomic E-state index is 0.0146. The molecule has 1 fully saturated rings. The molecular weight excluding hydrogens is 381 g/mol. The van der Waals surface area contributed by atoms with Gasteiger partial charge in [-0.15, -0.1) is 0 Å². The smallest absolute Gasteiger partial charge is 0.410 e. The number of halogens is 2. The van der Waals surface area contributed by atoms with Crippen molar-refractivity contribution in [3.8, 4) is 0 Å². The standard InChI is InChI=1S/C22H33ClFNO3/c1-22(2,3)28-21(26)25-13-8-9-16(15-25)17(10-5-6-14-27-4)18-11-7-12-19(23)20(18)24/h7,11-12,16-17H,5-6,8-10,13-15H2,1-4H3/t16-,17-/m1/s1. The van der Waals surface area contributed by atoms with Gasteiger partial charge in [-0.3, -0.25) is 0 Å². The fourth-order valence-electron chi connectivity index (χ4n) is 3.89. The molecule has 1 heterocycles. The van der Waals surface area contributed by atoms with Crippen molar-refractivity contribution in [1.29, 1.82) is 0 Å². The third kappa shape index (κ3) is 6.63. The fourth-order valence-corrected chi connectivity index (χ4v) is 4.08. The first-order valence-corrected chi connectivity index (χ1v) is 10.5. The minimum atomic E-state index is -0.525. The molecule has 1 aromatic carbocycles. The van der Waals surface area contributed by atoms with Crippen LogP contribution in [0, 0.1) is 11.7 Å². The van der Waals surface area contributed by atoms with Crippen molar-refractivity contribution in [1.82, 2.24) is 4.90 Å². The summed E-state index contributed by atoms with van der Waals surface area (Å²) in [6.07, 6.45) is 4.27. The predicted molar refractivity (Wildman–Crippen MR) is 110 cm³/mol. The molecule has 0 aromatic heterocycles. The third-order valence-electron chi connectivity index (χ3n) is 5.17. The number of rotatable bonds is 7. The van der Waals surface area contributed by atoms with Crippen LogP contribution in [0.15, 0.2) is 18.2 Å². The highest BCUT2D eigenvalue weighted by atomic mass is 35.5. The van der Waals surface area contributed by atoms with Gasteiger partial charge in [-0.1, -0.05) is 30.2 Å². The molecule has 4 nitrogen and oxygen atoms in total. The SMILES string of the molecule is COCCCC[C@@H](c1cccc(Cl)c1F)[C@@H]1CCCN(C(=O)OC(C)(C)C)C1. The Hall–Kier alpha value is -1.33. The Morgan fingerprint density at radius 2 is 2.11 bits per heavy atom. The molecule has 1 aliphatic heterocycles. The summed E-state index contributed by atoms with van der Waals surface area (Å²) >= 11 is 6.05. The van der Waals surface area contributed by atoms with Crippen LogP contribution in [0.25, 0.3) is 0 Å². The second-order valence-electron chi connectivity index (χ2n) is 8.57. The van der Waals surface area contributed by atoms with Crippen molar-refractivity contribution in [2.75, 3.05) is 26.8 Å². The van der Waals surface area contributed by atoms with Crippen LogP contribution in [0.4, 0.5) is 9.18 Å². The number of hydrogen-bond acceptors (Lipinski definition) is 3. The number of piperidine rings is 1. The molecule has 1 aromatic rings. The first-order valence-electron chi connectivity index (χ1n) is 10.1. The summed E-state index contributed by atoms with van der Waals surface area (Å²) in [6, 6.07) is 5.21. The molecule has 1 aliphatic rings. The lowest BCUT2D eigenvalue weighted by molar-refractivity contribution is 0.0148. The van der Waals surface area contributed by atoms with Gasteiger partial charge in [-0.2, -0.15) is 0 Å². The van der Waals surface area contributed by atoms with Crippen molar-refractivity contribution < 1.29 is 18.7 Å². The van der Waals surface area contributed by atoms with E-state index in [4.69, 9.17) is 21.1 Å². The zero-order valence-corrected chi connectivity index (χ0v) is 18.2. The maximum Gasteiger partial charge on any atom is 0.410 e. The van der Waals surface area contributed by atoms with E-state index in [0.717, 1.165) is 32.1 Å². The molecule has 0 radical (unpaired) electrons. The number of ether oxygens (including phenoxy) is 2. The second kappa shape index (κ2) is 10.4. The van der Waals surface area contributed by atoms with Crippen molar-refractivity contribution in [3.63, 3.8) is 0 Å². The minimum Gasteiger partial charge on any atom is -0.444 e. The fraction of sp³-hybridized carbons (Fsp3) is 0.682. The lowest BCUT2D eigenvalue weighted by Crippen LogP contribution is -2.44. The van der Waals surface area contributed by atoms with E-state index in [9.17, 15) is 9.18 Å². The predicted octanol–water partition coefficient (Wildman–Crippen LogP) is 6.03. The van der Waals surface area contributed by atoms with Crippen LogP contribution >= 0.6 is 11.6 Å². The molecule has 6 heteroatoms. The van der Waals surface area contributed by atoms with Crippen LogP contribution in [0.3, 0.4) is 0 Å². The molecule has 2 rings (SSSR count). The summed E-state index contributed by atoms with van der Waals surface area (Å²) in [5.41, 5.74) is 0.129. The van der Waals surface area contributed by atoms with E-state index in [1.165, 1.54) is 0 Å². The number of likely N-dealkylation sites (tertiary alicyclic amines) is 1. The molecule has 0 unspecified atom stereocenters. The Kier molecular flexibility index (Phi) is 8.56. The van der Waals surface area contributed by atoms with Gasteiger partial charge in [0.25, 0.3) is 0 Å². The number of nitrogens with zero attached hydrogens (tertiary/aromatic N) is 1. The first kappa shape index (κ1) is 23.0. The first-order chi connectivity index (χ1) is 13.2. The Balaban J connectivity index is 2.17. The van der Waals surface area contributed by atoms with Gasteiger partial charge in [0.15, 0.2) is 0 Å². The van der Waals surface area contributed by atoms with Crippen molar-refractivity contribution in [2.45, 2.75) is 64.4 Å². The number of benzene rings is 1. The van der Waals surface area contributed by atoms with Crippen LogP contribution in [0.5, 0.6) is 0 Å². The van der Waals surface area contributed by atoms with Gasteiger partial charge >= 0.3 is 6.09 Å². The van der Waals surface area contributed by atoms with Gasteiger partial charge in [-0.25, -0.2) is 9.18 Å². The average Bonchev–Trinajstić information content (AvgIpc) is 2.63. The van der Waals surface area contributed by atoms with E-state index in [2.05, 4.69) is 0 Å². The van der Waals surface area contributed by atoms with E-state index in [-0.39, 0.29) is 28.8 Å². The highest BCUT2D eigenvalue weighted by molar-refractivity contribution is 6.30. The topological polar surface area (TPSA) is 38.8 Å². The maximum atomic E-state index is 14.8. The summed E-state index contributed by atoms with van der Waals surface area (Å²) in [7, 11) is 1.69. The van der Waals surface area contributed by atoms with Crippen LogP contribution in [0.1, 0.15) is 64.4 Å². The molecule has 0 bridgehead atoms. The highest BCUT2D eigenvalue weighted by Crippen LogP contribution is 2.38. The van der Waals surface area contributed by atoms with Crippen LogP contribution in [-0.4, -0.2) is 43.4 Å². The number of unbranched alkanes of at least 4 members (excludes halogenated alkanes) is 1. The van der Waals surface area contributed by atoms with E-state index >= 15 is 0 Å². The number of carbonyl (C=O) groups is 1. The normalized spacial score (nSPS) is 18.8. The van der Waals surface area contributed by atoms with Gasteiger partial charge in [0.1, 0.15) is 11.4 Å². The van der Waals surface area contributed by atoms with Gasteiger partial charge in [0.2, 0.25) is 0 Å². The van der Waals surface area contributed by atoms with Gasteiger partial charge in [0, 0.05) is 26.8 Å². The summed E-state index contributed by atoms with van der Waals surface area (Å²) in [4.78, 5) is 14.3. The maximum absolute atomic E-state index is 14.8. The molecule has 0 N–H and O–H groups in total. The molecule has 1 amide bonds. The van der Waals surface area contributed by atoms with Crippen LogP contribution in [0.2, 0.25) is 5.02 Å². The second-order valence-corrected chi connectivity index (χ2v) is 8.97. The number of amides is 1. The molecule has 158 valence electrons. The lowest BCUT2D eigenvalue weighted by Gasteiger charge is -2.38. The number of methoxy groups -OCH3 is 1. The Morgan fingerprint density at radius 3 is 2.79 bits per heavy atom. The monoisotopic (exact) mass is 413 g/mol. The molecule has 0 spiro atoms. The summed E-state index contributed by atoms with van der Waals surface area (Å²) in [5, 5.41) is 0.152. The van der Waals surface area contributed by atoms with Gasteiger partial charge in [-0.05, 0) is 69.9 Å². The van der Waals surface area contributed by atoms with Gasteiger partial charge < -0.3 is 14.4 Å². The lowest BCUT2D eigenvalue weighted by atomic mass is 9.78. The number of carbonyl (C=O) groups excluding carboxylic acids is 1. The summed E-state index contributed by atoms with van der Waals surface area (Å²) < 4.78 is 25.5.